The van der Waals surface area contributed by atoms with E-state index in [2.05, 4.69) is 26.1 Å². The Kier molecular flexibility index (Phi) is 5.77. The summed E-state index contributed by atoms with van der Waals surface area (Å²) in [5.41, 5.74) is -0.488. The van der Waals surface area contributed by atoms with Crippen LogP contribution in [0.25, 0.3) is 0 Å². The molecule has 96 valence electrons. The fourth-order valence-corrected chi connectivity index (χ4v) is 2.69. The van der Waals surface area contributed by atoms with Gasteiger partial charge in [0.25, 0.3) is 0 Å². The van der Waals surface area contributed by atoms with Crippen LogP contribution in [-0.4, -0.2) is 23.8 Å². The SMILES string of the molecule is CCC(O)(CC)CNCC1CCCCC1C. The lowest BCUT2D eigenvalue weighted by molar-refractivity contribution is 0.0306. The average Bonchev–Trinajstić information content (AvgIpc) is 2.31. The minimum atomic E-state index is -0.488. The largest absolute Gasteiger partial charge is 0.389 e. The zero-order valence-electron chi connectivity index (χ0n) is 11.3. The van der Waals surface area contributed by atoms with E-state index in [1.54, 1.807) is 0 Å². The lowest BCUT2D eigenvalue weighted by Gasteiger charge is -2.31. The van der Waals surface area contributed by atoms with Gasteiger partial charge in [-0.25, -0.2) is 0 Å². The highest BCUT2D eigenvalue weighted by Crippen LogP contribution is 2.29. The quantitative estimate of drug-likeness (QED) is 0.731. The lowest BCUT2D eigenvalue weighted by atomic mass is 9.80. The van der Waals surface area contributed by atoms with E-state index in [1.165, 1.54) is 25.7 Å². The van der Waals surface area contributed by atoms with Crippen molar-refractivity contribution in [3.05, 3.63) is 0 Å². The van der Waals surface area contributed by atoms with Gasteiger partial charge in [0.05, 0.1) is 5.60 Å². The molecule has 2 heteroatoms. The second kappa shape index (κ2) is 6.61. The molecule has 1 fully saturated rings. The van der Waals surface area contributed by atoms with Crippen molar-refractivity contribution in [2.24, 2.45) is 11.8 Å². The molecule has 0 heterocycles. The zero-order valence-corrected chi connectivity index (χ0v) is 11.3. The number of hydrogen-bond acceptors (Lipinski definition) is 2. The molecule has 1 rings (SSSR count). The van der Waals surface area contributed by atoms with Gasteiger partial charge in [0.15, 0.2) is 0 Å². The van der Waals surface area contributed by atoms with Gasteiger partial charge in [-0.1, -0.05) is 40.0 Å². The monoisotopic (exact) mass is 227 g/mol. The van der Waals surface area contributed by atoms with Crippen LogP contribution >= 0.6 is 0 Å². The van der Waals surface area contributed by atoms with Crippen LogP contribution in [0, 0.1) is 11.8 Å². The zero-order chi connectivity index (χ0) is 12.0. The maximum Gasteiger partial charge on any atom is 0.0766 e. The normalized spacial score (nSPS) is 27.0. The molecule has 2 N–H and O–H groups in total. The summed E-state index contributed by atoms with van der Waals surface area (Å²) >= 11 is 0. The smallest absolute Gasteiger partial charge is 0.0766 e. The van der Waals surface area contributed by atoms with Crippen LogP contribution in [-0.2, 0) is 0 Å². The summed E-state index contributed by atoms with van der Waals surface area (Å²) in [6.07, 6.45) is 7.24. The molecule has 0 spiro atoms. The van der Waals surface area contributed by atoms with Crippen molar-refractivity contribution in [3.63, 3.8) is 0 Å². The minimum absolute atomic E-state index is 0.488. The van der Waals surface area contributed by atoms with Crippen LogP contribution in [0.2, 0.25) is 0 Å². The Morgan fingerprint density at radius 1 is 1.19 bits per heavy atom. The van der Waals surface area contributed by atoms with Crippen LogP contribution in [0.5, 0.6) is 0 Å². The van der Waals surface area contributed by atoms with Gasteiger partial charge in [-0.05, 0) is 37.6 Å². The highest BCUT2D eigenvalue weighted by atomic mass is 16.3. The molecule has 2 unspecified atom stereocenters. The summed E-state index contributed by atoms with van der Waals surface area (Å²) in [5, 5.41) is 13.6. The van der Waals surface area contributed by atoms with Gasteiger partial charge in [0, 0.05) is 6.54 Å². The minimum Gasteiger partial charge on any atom is -0.389 e. The van der Waals surface area contributed by atoms with Gasteiger partial charge < -0.3 is 10.4 Å². The predicted octanol–water partition coefficient (Wildman–Crippen LogP) is 2.95. The molecule has 0 amide bonds. The Morgan fingerprint density at radius 3 is 2.38 bits per heavy atom. The van der Waals surface area contributed by atoms with Gasteiger partial charge in [-0.2, -0.15) is 0 Å². The molecule has 2 atom stereocenters. The third-order valence-electron chi connectivity index (χ3n) is 4.47. The predicted molar refractivity (Wildman–Crippen MR) is 69.5 cm³/mol. The maximum atomic E-state index is 10.2. The Morgan fingerprint density at radius 2 is 1.81 bits per heavy atom. The molecule has 1 aliphatic carbocycles. The fourth-order valence-electron chi connectivity index (χ4n) is 2.69. The summed E-state index contributed by atoms with van der Waals surface area (Å²) in [4.78, 5) is 0. The molecular weight excluding hydrogens is 198 g/mol. The number of nitrogens with one attached hydrogen (secondary N) is 1. The molecule has 16 heavy (non-hydrogen) atoms. The topological polar surface area (TPSA) is 32.3 Å². The van der Waals surface area contributed by atoms with Crippen LogP contribution in [0.4, 0.5) is 0 Å². The summed E-state index contributed by atoms with van der Waals surface area (Å²) in [7, 11) is 0. The third kappa shape index (κ3) is 4.06. The summed E-state index contributed by atoms with van der Waals surface area (Å²) < 4.78 is 0. The molecule has 0 saturated heterocycles. The molecule has 1 saturated carbocycles. The molecule has 0 aromatic carbocycles. The van der Waals surface area contributed by atoms with E-state index in [0.717, 1.165) is 37.8 Å². The maximum absolute atomic E-state index is 10.2. The van der Waals surface area contributed by atoms with E-state index in [9.17, 15) is 5.11 Å². The van der Waals surface area contributed by atoms with E-state index in [1.807, 2.05) is 0 Å². The first-order valence-electron chi connectivity index (χ1n) is 7.04. The molecule has 0 aliphatic heterocycles. The number of hydrogen-bond donors (Lipinski definition) is 2. The number of aliphatic hydroxyl groups is 1. The summed E-state index contributed by atoms with van der Waals surface area (Å²) in [5.74, 6) is 1.68. The average molecular weight is 227 g/mol. The first-order valence-corrected chi connectivity index (χ1v) is 7.04. The van der Waals surface area contributed by atoms with Crippen molar-refractivity contribution in [2.75, 3.05) is 13.1 Å². The van der Waals surface area contributed by atoms with Crippen LogP contribution in [0.3, 0.4) is 0 Å². The van der Waals surface area contributed by atoms with Crippen molar-refractivity contribution in [1.29, 1.82) is 0 Å². The van der Waals surface area contributed by atoms with E-state index in [0.29, 0.717) is 0 Å². The van der Waals surface area contributed by atoms with Crippen molar-refractivity contribution in [2.45, 2.75) is 64.9 Å². The van der Waals surface area contributed by atoms with E-state index >= 15 is 0 Å². The Balaban J connectivity index is 2.23. The first kappa shape index (κ1) is 14.0. The van der Waals surface area contributed by atoms with Gasteiger partial charge in [-0.15, -0.1) is 0 Å². The van der Waals surface area contributed by atoms with E-state index in [4.69, 9.17) is 0 Å². The molecule has 0 bridgehead atoms. The van der Waals surface area contributed by atoms with Crippen molar-refractivity contribution >= 4 is 0 Å². The fraction of sp³-hybridized carbons (Fsp3) is 1.00. The van der Waals surface area contributed by atoms with Crippen LogP contribution in [0.15, 0.2) is 0 Å². The Bertz CT molecular complexity index is 189. The van der Waals surface area contributed by atoms with Crippen molar-refractivity contribution in [3.8, 4) is 0 Å². The highest BCUT2D eigenvalue weighted by molar-refractivity contribution is 4.80. The summed E-state index contributed by atoms with van der Waals surface area (Å²) in [6.45, 7) is 8.34. The summed E-state index contributed by atoms with van der Waals surface area (Å²) in [6, 6.07) is 0. The van der Waals surface area contributed by atoms with E-state index in [-0.39, 0.29) is 0 Å². The molecular formula is C14H29NO. The van der Waals surface area contributed by atoms with Gasteiger partial charge in [0.2, 0.25) is 0 Å². The van der Waals surface area contributed by atoms with Crippen LogP contribution < -0.4 is 5.32 Å². The highest BCUT2D eigenvalue weighted by Gasteiger charge is 2.24. The van der Waals surface area contributed by atoms with Crippen molar-refractivity contribution < 1.29 is 5.11 Å². The first-order chi connectivity index (χ1) is 7.61. The number of rotatable bonds is 6. The van der Waals surface area contributed by atoms with E-state index < -0.39 is 5.60 Å². The third-order valence-corrected chi connectivity index (χ3v) is 4.47. The van der Waals surface area contributed by atoms with Crippen LogP contribution in [0.1, 0.15) is 59.3 Å². The Labute approximate surface area is 101 Å². The second-order valence-corrected chi connectivity index (χ2v) is 5.58. The Hall–Kier alpha value is -0.0800. The molecule has 0 aromatic rings. The van der Waals surface area contributed by atoms with Crippen molar-refractivity contribution in [1.82, 2.24) is 5.32 Å². The molecule has 0 aromatic heterocycles. The molecule has 1 aliphatic rings. The molecule has 2 nitrogen and oxygen atoms in total. The van der Waals surface area contributed by atoms with Gasteiger partial charge in [-0.3, -0.25) is 0 Å². The lowest BCUT2D eigenvalue weighted by Crippen LogP contribution is -2.42. The second-order valence-electron chi connectivity index (χ2n) is 5.58. The van der Waals surface area contributed by atoms with Gasteiger partial charge in [0.1, 0.15) is 0 Å². The van der Waals surface area contributed by atoms with Gasteiger partial charge >= 0.3 is 0 Å². The molecule has 0 radical (unpaired) electrons. The standard InChI is InChI=1S/C14H29NO/c1-4-14(16,5-2)11-15-10-13-9-7-6-8-12(13)3/h12-13,15-16H,4-11H2,1-3H3.